The highest BCUT2D eigenvalue weighted by molar-refractivity contribution is 7.92. The highest BCUT2D eigenvalue weighted by Crippen LogP contribution is 2.19. The van der Waals surface area contributed by atoms with Gasteiger partial charge in [-0.25, -0.2) is 8.42 Å². The summed E-state index contributed by atoms with van der Waals surface area (Å²) in [7, 11) is -3.18. The van der Waals surface area contributed by atoms with Gasteiger partial charge in [0.15, 0.2) is 0 Å². The lowest BCUT2D eigenvalue weighted by molar-refractivity contribution is 0.587. The minimum Gasteiger partial charge on any atom is -0.311 e. The van der Waals surface area contributed by atoms with Crippen LogP contribution >= 0.6 is 0 Å². The number of anilines is 1. The van der Waals surface area contributed by atoms with E-state index in [0.717, 1.165) is 5.69 Å². The Morgan fingerprint density at radius 1 is 1.31 bits per heavy atom. The van der Waals surface area contributed by atoms with Crippen molar-refractivity contribution in [2.24, 2.45) is 0 Å². The van der Waals surface area contributed by atoms with Crippen LogP contribution in [0.4, 0.5) is 5.69 Å². The van der Waals surface area contributed by atoms with Crippen molar-refractivity contribution in [2.45, 2.75) is 13.0 Å². The molecule has 1 aromatic carbocycles. The molecular weight excluding hydrogens is 224 g/mol. The van der Waals surface area contributed by atoms with E-state index < -0.39 is 10.0 Å². The van der Waals surface area contributed by atoms with E-state index in [9.17, 15) is 8.42 Å². The van der Waals surface area contributed by atoms with Gasteiger partial charge < -0.3 is 5.32 Å². The number of nitrogens with one attached hydrogen (secondary N) is 1. The van der Waals surface area contributed by atoms with Gasteiger partial charge in [0.1, 0.15) is 0 Å². The van der Waals surface area contributed by atoms with Crippen LogP contribution in [-0.4, -0.2) is 33.3 Å². The van der Waals surface area contributed by atoms with Crippen molar-refractivity contribution in [2.75, 3.05) is 23.1 Å². The van der Waals surface area contributed by atoms with Gasteiger partial charge in [-0.15, -0.1) is 0 Å². The van der Waals surface area contributed by atoms with Crippen LogP contribution < -0.4 is 9.62 Å². The lowest BCUT2D eigenvalue weighted by Gasteiger charge is -2.23. The van der Waals surface area contributed by atoms with E-state index in [0.29, 0.717) is 13.1 Å². The first-order valence-electron chi connectivity index (χ1n) is 5.38. The Morgan fingerprint density at radius 3 is 2.69 bits per heavy atom. The van der Waals surface area contributed by atoms with Crippen molar-refractivity contribution in [1.29, 1.82) is 0 Å². The van der Waals surface area contributed by atoms with Crippen LogP contribution in [0.2, 0.25) is 0 Å². The molecule has 5 heteroatoms. The number of benzene rings is 1. The second-order valence-electron chi connectivity index (χ2n) is 4.04. The third-order valence-electron chi connectivity index (χ3n) is 2.67. The van der Waals surface area contributed by atoms with Gasteiger partial charge in [-0.05, 0) is 19.1 Å². The van der Waals surface area contributed by atoms with Crippen LogP contribution in [0.5, 0.6) is 0 Å². The van der Waals surface area contributed by atoms with Crippen molar-refractivity contribution in [3.05, 3.63) is 30.3 Å². The molecule has 0 aliphatic carbocycles. The van der Waals surface area contributed by atoms with E-state index in [1.165, 1.54) is 4.31 Å². The second kappa shape index (κ2) is 4.43. The first kappa shape index (κ1) is 11.4. The van der Waals surface area contributed by atoms with Gasteiger partial charge >= 0.3 is 0 Å². The van der Waals surface area contributed by atoms with Gasteiger partial charge in [-0.3, -0.25) is 4.31 Å². The normalized spacial score (nSPS) is 25.1. The zero-order valence-electron chi connectivity index (χ0n) is 9.26. The molecular formula is C11H16N2O2S. The quantitative estimate of drug-likeness (QED) is 0.790. The van der Waals surface area contributed by atoms with E-state index >= 15 is 0 Å². The highest BCUT2D eigenvalue weighted by atomic mass is 32.2. The second-order valence-corrected chi connectivity index (χ2v) is 6.05. The van der Waals surface area contributed by atoms with Crippen molar-refractivity contribution in [3.8, 4) is 0 Å². The van der Waals surface area contributed by atoms with Crippen LogP contribution in [0, 0.1) is 0 Å². The maximum atomic E-state index is 12.0. The van der Waals surface area contributed by atoms with Crippen LogP contribution in [0.3, 0.4) is 0 Å². The third-order valence-corrected chi connectivity index (χ3v) is 4.42. The SMILES string of the molecule is CC1CN(c2ccccc2)S(=O)(=O)CCN1. The summed E-state index contributed by atoms with van der Waals surface area (Å²) in [6.45, 7) is 3.01. The van der Waals surface area contributed by atoms with Gasteiger partial charge in [-0.2, -0.15) is 0 Å². The first-order chi connectivity index (χ1) is 7.59. The summed E-state index contributed by atoms with van der Waals surface area (Å²) >= 11 is 0. The fourth-order valence-electron chi connectivity index (χ4n) is 1.83. The van der Waals surface area contributed by atoms with Crippen LogP contribution in [0.15, 0.2) is 30.3 Å². The van der Waals surface area contributed by atoms with E-state index in [1.54, 1.807) is 0 Å². The molecule has 1 atom stereocenters. The molecule has 1 N–H and O–H groups in total. The molecule has 1 fully saturated rings. The van der Waals surface area contributed by atoms with Gasteiger partial charge in [0.05, 0.1) is 11.4 Å². The molecule has 0 bridgehead atoms. The summed E-state index contributed by atoms with van der Waals surface area (Å²) in [5, 5.41) is 3.18. The molecule has 1 saturated heterocycles. The third kappa shape index (κ3) is 2.36. The summed E-state index contributed by atoms with van der Waals surface area (Å²) in [6.07, 6.45) is 0. The highest BCUT2D eigenvalue weighted by Gasteiger charge is 2.26. The lowest BCUT2D eigenvalue weighted by atomic mass is 10.3. The Kier molecular flexibility index (Phi) is 3.16. The standard InChI is InChI=1S/C11H16N2O2S/c1-10-9-13(11-5-3-2-4-6-11)16(14,15)8-7-12-10/h2-6,10,12H,7-9H2,1H3. The zero-order chi connectivity index (χ0) is 11.6. The molecule has 0 saturated carbocycles. The molecule has 0 radical (unpaired) electrons. The topological polar surface area (TPSA) is 49.4 Å². The maximum Gasteiger partial charge on any atom is 0.236 e. The molecule has 4 nitrogen and oxygen atoms in total. The van der Waals surface area contributed by atoms with Crippen molar-refractivity contribution in [3.63, 3.8) is 0 Å². The molecule has 88 valence electrons. The average molecular weight is 240 g/mol. The molecule has 0 aromatic heterocycles. The van der Waals surface area contributed by atoms with E-state index in [2.05, 4.69) is 5.32 Å². The lowest BCUT2D eigenvalue weighted by Crippen LogP contribution is -2.37. The fourth-order valence-corrected chi connectivity index (χ4v) is 3.32. The molecule has 2 rings (SSSR count). The Morgan fingerprint density at radius 2 is 2.00 bits per heavy atom. The summed E-state index contributed by atoms with van der Waals surface area (Å²) in [5.74, 6) is 0.159. The first-order valence-corrected chi connectivity index (χ1v) is 6.99. The van der Waals surface area contributed by atoms with E-state index in [-0.39, 0.29) is 11.8 Å². The van der Waals surface area contributed by atoms with Crippen molar-refractivity contribution in [1.82, 2.24) is 5.32 Å². The smallest absolute Gasteiger partial charge is 0.236 e. The number of nitrogens with zero attached hydrogens (tertiary/aromatic N) is 1. The molecule has 0 amide bonds. The van der Waals surface area contributed by atoms with E-state index in [4.69, 9.17) is 0 Å². The van der Waals surface area contributed by atoms with Gasteiger partial charge in [-0.1, -0.05) is 18.2 Å². The Balaban J connectivity index is 2.36. The molecule has 1 aromatic rings. The van der Waals surface area contributed by atoms with Gasteiger partial charge in [0.25, 0.3) is 0 Å². The molecule has 1 unspecified atom stereocenters. The number of hydrogen-bond acceptors (Lipinski definition) is 3. The predicted octanol–water partition coefficient (Wildman–Crippen LogP) is 0.815. The molecule has 1 heterocycles. The van der Waals surface area contributed by atoms with E-state index in [1.807, 2.05) is 37.3 Å². The molecule has 0 spiro atoms. The summed E-state index contributed by atoms with van der Waals surface area (Å²) in [6, 6.07) is 9.43. The predicted molar refractivity (Wildman–Crippen MR) is 65.0 cm³/mol. The molecule has 1 aliphatic heterocycles. The minimum atomic E-state index is -3.18. The fraction of sp³-hybridized carbons (Fsp3) is 0.455. The number of hydrogen-bond donors (Lipinski definition) is 1. The van der Waals surface area contributed by atoms with Crippen LogP contribution in [0.25, 0.3) is 0 Å². The van der Waals surface area contributed by atoms with Gasteiger partial charge in [0, 0.05) is 19.1 Å². The summed E-state index contributed by atoms with van der Waals surface area (Å²) < 4.78 is 25.6. The number of sulfonamides is 1. The van der Waals surface area contributed by atoms with Crippen LogP contribution in [0.1, 0.15) is 6.92 Å². The largest absolute Gasteiger partial charge is 0.311 e. The molecule has 16 heavy (non-hydrogen) atoms. The van der Waals surface area contributed by atoms with Gasteiger partial charge in [0.2, 0.25) is 10.0 Å². The maximum absolute atomic E-state index is 12.0. The minimum absolute atomic E-state index is 0.159. The van der Waals surface area contributed by atoms with Crippen molar-refractivity contribution < 1.29 is 8.42 Å². The number of rotatable bonds is 1. The average Bonchev–Trinajstić information content (AvgIpc) is 2.39. The van der Waals surface area contributed by atoms with Crippen LogP contribution in [-0.2, 0) is 10.0 Å². The zero-order valence-corrected chi connectivity index (χ0v) is 10.1. The monoisotopic (exact) mass is 240 g/mol. The summed E-state index contributed by atoms with van der Waals surface area (Å²) in [4.78, 5) is 0. The number of para-hydroxylation sites is 1. The molecule has 1 aliphatic rings. The Bertz CT molecular complexity index is 444. The Labute approximate surface area is 96.3 Å². The Hall–Kier alpha value is -1.07. The summed E-state index contributed by atoms with van der Waals surface area (Å²) in [5.41, 5.74) is 0.748. The van der Waals surface area contributed by atoms with Crippen molar-refractivity contribution >= 4 is 15.7 Å².